The van der Waals surface area contributed by atoms with Crippen molar-refractivity contribution < 1.29 is 9.59 Å². The standard InChI is InChI=1S/C25H32N4O2/c30-24(26-23-11-12-23)19-27-13-15-29(16-14-27)25(31)20-28(17-21-7-3-1-4-8-21)18-22-9-5-2-6-10-22/h1-10,23H,11-20H2,(H,26,30). The zero-order chi connectivity index (χ0) is 21.5. The number of hydrogen-bond donors (Lipinski definition) is 1. The van der Waals surface area contributed by atoms with E-state index in [2.05, 4.69) is 39.4 Å². The topological polar surface area (TPSA) is 55.9 Å². The summed E-state index contributed by atoms with van der Waals surface area (Å²) in [6.45, 7) is 5.17. The molecule has 0 radical (unpaired) electrons. The van der Waals surface area contributed by atoms with Crippen LogP contribution in [0.4, 0.5) is 0 Å². The lowest BCUT2D eigenvalue weighted by Gasteiger charge is -2.35. The van der Waals surface area contributed by atoms with Gasteiger partial charge in [0.05, 0.1) is 13.1 Å². The quantitative estimate of drug-likeness (QED) is 0.675. The first kappa shape index (κ1) is 21.5. The van der Waals surface area contributed by atoms with Crippen LogP contribution in [-0.2, 0) is 22.7 Å². The van der Waals surface area contributed by atoms with E-state index in [1.54, 1.807) is 0 Å². The molecule has 2 fully saturated rings. The first-order chi connectivity index (χ1) is 15.2. The Labute approximate surface area is 184 Å². The van der Waals surface area contributed by atoms with Crippen LogP contribution >= 0.6 is 0 Å². The van der Waals surface area contributed by atoms with Crippen molar-refractivity contribution in [2.75, 3.05) is 39.3 Å². The second kappa shape index (κ2) is 10.6. The van der Waals surface area contributed by atoms with Crippen LogP contribution in [0.3, 0.4) is 0 Å². The van der Waals surface area contributed by atoms with Crippen molar-refractivity contribution in [2.45, 2.75) is 32.0 Å². The van der Waals surface area contributed by atoms with Crippen molar-refractivity contribution >= 4 is 11.8 Å². The monoisotopic (exact) mass is 420 g/mol. The molecule has 0 atom stereocenters. The fourth-order valence-corrected chi connectivity index (χ4v) is 4.00. The number of amides is 2. The van der Waals surface area contributed by atoms with Crippen LogP contribution in [-0.4, -0.2) is 71.8 Å². The summed E-state index contributed by atoms with van der Waals surface area (Å²) < 4.78 is 0. The lowest BCUT2D eigenvalue weighted by molar-refractivity contribution is -0.134. The first-order valence-corrected chi connectivity index (χ1v) is 11.3. The molecular weight excluding hydrogens is 388 g/mol. The molecule has 0 bridgehead atoms. The molecule has 0 spiro atoms. The highest BCUT2D eigenvalue weighted by molar-refractivity contribution is 5.79. The van der Waals surface area contributed by atoms with Gasteiger partial charge in [0.15, 0.2) is 0 Å². The van der Waals surface area contributed by atoms with Crippen molar-refractivity contribution in [1.82, 2.24) is 20.0 Å². The average molecular weight is 421 g/mol. The minimum atomic E-state index is 0.110. The van der Waals surface area contributed by atoms with Crippen LogP contribution in [0, 0.1) is 0 Å². The van der Waals surface area contributed by atoms with Crippen LogP contribution in [0.2, 0.25) is 0 Å². The average Bonchev–Trinajstić information content (AvgIpc) is 3.59. The van der Waals surface area contributed by atoms with Crippen molar-refractivity contribution in [2.24, 2.45) is 0 Å². The Morgan fingerprint density at radius 1 is 0.839 bits per heavy atom. The van der Waals surface area contributed by atoms with Gasteiger partial charge in [-0.1, -0.05) is 60.7 Å². The van der Waals surface area contributed by atoms with Crippen molar-refractivity contribution in [3.8, 4) is 0 Å². The number of hydrogen-bond acceptors (Lipinski definition) is 4. The molecule has 1 heterocycles. The maximum absolute atomic E-state index is 13.1. The molecule has 1 aliphatic heterocycles. The molecule has 6 nitrogen and oxygen atoms in total. The fraction of sp³-hybridized carbons (Fsp3) is 0.440. The molecule has 0 aromatic heterocycles. The van der Waals surface area contributed by atoms with Crippen molar-refractivity contribution in [1.29, 1.82) is 0 Å². The molecule has 0 unspecified atom stereocenters. The molecule has 1 saturated carbocycles. The molecule has 1 aliphatic carbocycles. The molecule has 2 aromatic carbocycles. The van der Waals surface area contributed by atoms with E-state index in [4.69, 9.17) is 0 Å². The van der Waals surface area contributed by atoms with Gasteiger partial charge in [0, 0.05) is 45.3 Å². The van der Waals surface area contributed by atoms with E-state index >= 15 is 0 Å². The summed E-state index contributed by atoms with van der Waals surface area (Å²) >= 11 is 0. The van der Waals surface area contributed by atoms with Gasteiger partial charge in [0.25, 0.3) is 0 Å². The second-order valence-corrected chi connectivity index (χ2v) is 8.62. The van der Waals surface area contributed by atoms with Gasteiger partial charge >= 0.3 is 0 Å². The van der Waals surface area contributed by atoms with Crippen LogP contribution in [0.15, 0.2) is 60.7 Å². The van der Waals surface area contributed by atoms with Gasteiger partial charge < -0.3 is 10.2 Å². The van der Waals surface area contributed by atoms with E-state index in [-0.39, 0.29) is 11.8 Å². The van der Waals surface area contributed by atoms with Gasteiger partial charge in [-0.3, -0.25) is 19.4 Å². The Morgan fingerprint density at radius 3 is 1.90 bits per heavy atom. The van der Waals surface area contributed by atoms with E-state index in [0.717, 1.165) is 39.0 Å². The summed E-state index contributed by atoms with van der Waals surface area (Å²) in [6.07, 6.45) is 2.22. The van der Waals surface area contributed by atoms with Crippen LogP contribution in [0.25, 0.3) is 0 Å². The van der Waals surface area contributed by atoms with E-state index in [9.17, 15) is 9.59 Å². The Kier molecular flexibility index (Phi) is 7.33. The maximum Gasteiger partial charge on any atom is 0.236 e. The second-order valence-electron chi connectivity index (χ2n) is 8.62. The van der Waals surface area contributed by atoms with Gasteiger partial charge in [-0.2, -0.15) is 0 Å². The van der Waals surface area contributed by atoms with Crippen molar-refractivity contribution in [3.05, 3.63) is 71.8 Å². The number of benzene rings is 2. The molecule has 2 amide bonds. The van der Waals surface area contributed by atoms with E-state index in [1.165, 1.54) is 11.1 Å². The maximum atomic E-state index is 13.1. The number of nitrogens with one attached hydrogen (secondary N) is 1. The molecule has 2 aromatic rings. The number of rotatable bonds is 9. The van der Waals surface area contributed by atoms with Gasteiger partial charge in [-0.15, -0.1) is 0 Å². The third-order valence-electron chi connectivity index (χ3n) is 5.89. The molecule has 2 aliphatic rings. The molecule has 164 valence electrons. The number of nitrogens with zero attached hydrogens (tertiary/aromatic N) is 3. The molecule has 4 rings (SSSR count). The summed E-state index contributed by atoms with van der Waals surface area (Å²) in [6, 6.07) is 21.0. The third kappa shape index (κ3) is 6.91. The molecule has 31 heavy (non-hydrogen) atoms. The third-order valence-corrected chi connectivity index (χ3v) is 5.89. The smallest absolute Gasteiger partial charge is 0.236 e. The summed E-state index contributed by atoms with van der Waals surface area (Å²) in [7, 11) is 0. The largest absolute Gasteiger partial charge is 0.352 e. The van der Waals surface area contributed by atoms with E-state index < -0.39 is 0 Å². The fourth-order valence-electron chi connectivity index (χ4n) is 4.00. The molecule has 6 heteroatoms. The highest BCUT2D eigenvalue weighted by Crippen LogP contribution is 2.18. The summed E-state index contributed by atoms with van der Waals surface area (Å²) in [5.41, 5.74) is 2.41. The summed E-state index contributed by atoms with van der Waals surface area (Å²) in [5.74, 6) is 0.271. The Morgan fingerprint density at radius 2 is 1.39 bits per heavy atom. The predicted octanol–water partition coefficient (Wildman–Crippen LogP) is 2.11. The van der Waals surface area contributed by atoms with Crippen LogP contribution < -0.4 is 5.32 Å². The molecule has 1 saturated heterocycles. The summed E-state index contributed by atoms with van der Waals surface area (Å²) in [4.78, 5) is 31.4. The molecule has 1 N–H and O–H groups in total. The lowest BCUT2D eigenvalue weighted by Crippen LogP contribution is -2.53. The van der Waals surface area contributed by atoms with E-state index in [0.29, 0.717) is 32.2 Å². The van der Waals surface area contributed by atoms with Gasteiger partial charge in [0.2, 0.25) is 11.8 Å². The minimum Gasteiger partial charge on any atom is -0.352 e. The zero-order valence-electron chi connectivity index (χ0n) is 18.1. The lowest BCUT2D eigenvalue weighted by atomic mass is 10.1. The number of carbonyl (C=O) groups excluding carboxylic acids is 2. The van der Waals surface area contributed by atoms with Crippen LogP contribution in [0.1, 0.15) is 24.0 Å². The Balaban J connectivity index is 1.29. The first-order valence-electron chi connectivity index (χ1n) is 11.3. The normalized spacial score (nSPS) is 17.0. The van der Waals surface area contributed by atoms with Crippen LogP contribution in [0.5, 0.6) is 0 Å². The number of carbonyl (C=O) groups is 2. The highest BCUT2D eigenvalue weighted by Gasteiger charge is 2.27. The number of piperazine rings is 1. The van der Waals surface area contributed by atoms with Crippen molar-refractivity contribution in [3.63, 3.8) is 0 Å². The zero-order valence-corrected chi connectivity index (χ0v) is 18.1. The molecular formula is C25H32N4O2. The van der Waals surface area contributed by atoms with E-state index in [1.807, 2.05) is 41.3 Å². The highest BCUT2D eigenvalue weighted by atomic mass is 16.2. The predicted molar refractivity (Wildman–Crippen MR) is 121 cm³/mol. The SMILES string of the molecule is O=C(CN1CCN(C(=O)CN(Cc2ccccc2)Cc2ccccc2)CC1)NC1CC1. The van der Waals surface area contributed by atoms with Gasteiger partial charge in [-0.05, 0) is 24.0 Å². The van der Waals surface area contributed by atoms with Gasteiger partial charge in [0.1, 0.15) is 0 Å². The summed E-state index contributed by atoms with van der Waals surface area (Å²) in [5, 5.41) is 3.04. The Hall–Kier alpha value is -2.70. The Bertz CT molecular complexity index is 805. The minimum absolute atomic E-state index is 0.110. The van der Waals surface area contributed by atoms with Gasteiger partial charge in [-0.25, -0.2) is 0 Å².